The van der Waals surface area contributed by atoms with Gasteiger partial charge in [-0.25, -0.2) is 0 Å². The third-order valence-electron chi connectivity index (χ3n) is 2.70. The molecule has 1 unspecified atom stereocenters. The van der Waals surface area contributed by atoms with Crippen LogP contribution >= 0.6 is 27.5 Å². The number of benzene rings is 1. The summed E-state index contributed by atoms with van der Waals surface area (Å²) in [4.78, 5) is 0. The molecule has 102 valence electrons. The van der Waals surface area contributed by atoms with Gasteiger partial charge in [0.15, 0.2) is 0 Å². The average molecular weight is 345 g/mol. The Hall–Kier alpha value is -0.880. The quantitative estimate of drug-likeness (QED) is 0.877. The lowest BCUT2D eigenvalue weighted by atomic mass is 10.2. The van der Waals surface area contributed by atoms with Gasteiger partial charge in [-0.3, -0.25) is 4.68 Å². The normalized spacial score (nSPS) is 12.6. The molecule has 6 heteroatoms. The van der Waals surface area contributed by atoms with Crippen molar-refractivity contribution >= 4 is 27.5 Å². The molecule has 2 rings (SSSR count). The Bertz CT molecular complexity index is 538. The Morgan fingerprint density at radius 1 is 1.47 bits per heavy atom. The molecule has 19 heavy (non-hydrogen) atoms. The Morgan fingerprint density at radius 2 is 2.26 bits per heavy atom. The summed E-state index contributed by atoms with van der Waals surface area (Å²) in [6.45, 7) is 1.12. The van der Waals surface area contributed by atoms with E-state index in [1.807, 2.05) is 31.4 Å². The topological polar surface area (TPSA) is 50.1 Å². The monoisotopic (exact) mass is 343 g/mol. The Kier molecular flexibility index (Phi) is 4.99. The van der Waals surface area contributed by atoms with Crippen LogP contribution in [0.1, 0.15) is 17.2 Å². The largest absolute Gasteiger partial charge is 0.387 e. The van der Waals surface area contributed by atoms with Crippen molar-refractivity contribution in [1.29, 1.82) is 0 Å². The summed E-state index contributed by atoms with van der Waals surface area (Å²) < 4.78 is 2.62. The van der Waals surface area contributed by atoms with Crippen LogP contribution in [0.25, 0.3) is 0 Å². The van der Waals surface area contributed by atoms with E-state index in [4.69, 9.17) is 11.6 Å². The van der Waals surface area contributed by atoms with Gasteiger partial charge in [0.25, 0.3) is 0 Å². The molecular weight excluding hydrogens is 330 g/mol. The molecular formula is C13H15BrClN3O. The van der Waals surface area contributed by atoms with Gasteiger partial charge in [-0.05, 0) is 23.8 Å². The van der Waals surface area contributed by atoms with E-state index in [1.54, 1.807) is 10.9 Å². The molecule has 0 amide bonds. The van der Waals surface area contributed by atoms with Crippen molar-refractivity contribution in [2.75, 3.05) is 6.54 Å². The number of hydrogen-bond donors (Lipinski definition) is 2. The maximum absolute atomic E-state index is 9.97. The summed E-state index contributed by atoms with van der Waals surface area (Å²) in [5.41, 5.74) is 1.88. The highest BCUT2D eigenvalue weighted by Gasteiger charge is 2.09. The van der Waals surface area contributed by atoms with Crippen LogP contribution in [-0.2, 0) is 13.6 Å². The first-order chi connectivity index (χ1) is 9.04. The SMILES string of the molecule is Cn1cc(C(O)CNCc2cc(Cl)cc(Br)c2)cn1. The van der Waals surface area contributed by atoms with Gasteiger partial charge in [0, 0.05) is 41.4 Å². The first-order valence-electron chi connectivity index (χ1n) is 5.87. The van der Waals surface area contributed by atoms with Gasteiger partial charge in [0.1, 0.15) is 0 Å². The molecule has 0 aliphatic rings. The lowest BCUT2D eigenvalue weighted by molar-refractivity contribution is 0.174. The van der Waals surface area contributed by atoms with Crippen LogP contribution in [0.5, 0.6) is 0 Å². The number of nitrogens with zero attached hydrogens (tertiary/aromatic N) is 2. The molecule has 0 spiro atoms. The summed E-state index contributed by atoms with van der Waals surface area (Å²) in [5.74, 6) is 0. The second kappa shape index (κ2) is 6.52. The van der Waals surface area contributed by atoms with E-state index >= 15 is 0 Å². The highest BCUT2D eigenvalue weighted by Crippen LogP contribution is 2.19. The minimum atomic E-state index is -0.559. The Balaban J connectivity index is 1.86. The second-order valence-electron chi connectivity index (χ2n) is 4.37. The standard InChI is InChI=1S/C13H15BrClN3O/c1-18-8-10(6-17-18)13(19)7-16-5-9-2-11(14)4-12(15)3-9/h2-4,6,8,13,16,19H,5,7H2,1H3. The van der Waals surface area contributed by atoms with Gasteiger partial charge in [0.2, 0.25) is 0 Å². The zero-order valence-corrected chi connectivity index (χ0v) is 12.8. The van der Waals surface area contributed by atoms with Crippen LogP contribution in [-0.4, -0.2) is 21.4 Å². The van der Waals surface area contributed by atoms with E-state index in [1.165, 1.54) is 0 Å². The Morgan fingerprint density at radius 3 is 2.89 bits per heavy atom. The maximum atomic E-state index is 9.97. The van der Waals surface area contributed by atoms with Crippen LogP contribution in [0.3, 0.4) is 0 Å². The van der Waals surface area contributed by atoms with Gasteiger partial charge in [0.05, 0.1) is 12.3 Å². The van der Waals surface area contributed by atoms with E-state index in [0.717, 1.165) is 15.6 Å². The number of aromatic nitrogens is 2. The molecule has 2 N–H and O–H groups in total. The molecule has 0 bridgehead atoms. The van der Waals surface area contributed by atoms with Gasteiger partial charge < -0.3 is 10.4 Å². The van der Waals surface area contributed by atoms with Crippen molar-refractivity contribution in [3.63, 3.8) is 0 Å². The van der Waals surface area contributed by atoms with E-state index in [9.17, 15) is 5.11 Å². The number of halogens is 2. The number of aryl methyl sites for hydroxylation is 1. The van der Waals surface area contributed by atoms with Crippen molar-refractivity contribution in [2.24, 2.45) is 7.05 Å². The van der Waals surface area contributed by atoms with Gasteiger partial charge in [-0.2, -0.15) is 5.10 Å². The molecule has 0 fully saturated rings. The zero-order valence-electron chi connectivity index (χ0n) is 10.5. The lowest BCUT2D eigenvalue weighted by Crippen LogP contribution is -2.20. The van der Waals surface area contributed by atoms with Crippen LogP contribution in [0, 0.1) is 0 Å². The fourth-order valence-corrected chi connectivity index (χ4v) is 2.73. The first-order valence-corrected chi connectivity index (χ1v) is 7.04. The number of aliphatic hydroxyl groups is 1. The third-order valence-corrected chi connectivity index (χ3v) is 3.37. The second-order valence-corrected chi connectivity index (χ2v) is 5.72. The number of rotatable bonds is 5. The van der Waals surface area contributed by atoms with Crippen LogP contribution < -0.4 is 5.32 Å². The van der Waals surface area contributed by atoms with Crippen molar-refractivity contribution in [3.8, 4) is 0 Å². The van der Waals surface area contributed by atoms with Crippen molar-refractivity contribution in [3.05, 3.63) is 51.2 Å². The van der Waals surface area contributed by atoms with Crippen molar-refractivity contribution < 1.29 is 5.11 Å². The molecule has 0 saturated heterocycles. The molecule has 0 aliphatic carbocycles. The number of nitrogens with one attached hydrogen (secondary N) is 1. The molecule has 1 heterocycles. The average Bonchev–Trinajstić information content (AvgIpc) is 2.74. The van der Waals surface area contributed by atoms with Crippen LogP contribution in [0.4, 0.5) is 0 Å². The molecule has 1 aromatic carbocycles. The third kappa shape index (κ3) is 4.31. The predicted molar refractivity (Wildman–Crippen MR) is 79.0 cm³/mol. The first kappa shape index (κ1) is 14.5. The molecule has 0 saturated carbocycles. The minimum absolute atomic E-state index is 0.468. The number of aliphatic hydroxyl groups excluding tert-OH is 1. The highest BCUT2D eigenvalue weighted by molar-refractivity contribution is 9.10. The fraction of sp³-hybridized carbons (Fsp3) is 0.308. The molecule has 2 aromatic rings. The maximum Gasteiger partial charge on any atom is 0.0944 e. The molecule has 1 atom stereocenters. The lowest BCUT2D eigenvalue weighted by Gasteiger charge is -2.10. The van der Waals surface area contributed by atoms with Gasteiger partial charge >= 0.3 is 0 Å². The van der Waals surface area contributed by atoms with E-state index in [-0.39, 0.29) is 0 Å². The zero-order chi connectivity index (χ0) is 13.8. The molecule has 4 nitrogen and oxygen atoms in total. The van der Waals surface area contributed by atoms with Gasteiger partial charge in [-0.1, -0.05) is 27.5 Å². The van der Waals surface area contributed by atoms with Crippen molar-refractivity contribution in [1.82, 2.24) is 15.1 Å². The fourth-order valence-electron chi connectivity index (χ4n) is 1.80. The predicted octanol–water partition coefficient (Wildman–Crippen LogP) is 2.66. The van der Waals surface area contributed by atoms with Crippen molar-refractivity contribution in [2.45, 2.75) is 12.6 Å². The summed E-state index contributed by atoms with van der Waals surface area (Å²) >= 11 is 9.37. The number of hydrogen-bond acceptors (Lipinski definition) is 3. The van der Waals surface area contributed by atoms with Gasteiger partial charge in [-0.15, -0.1) is 0 Å². The molecule has 1 aromatic heterocycles. The molecule has 0 radical (unpaired) electrons. The van der Waals surface area contributed by atoms with E-state index < -0.39 is 6.10 Å². The highest BCUT2D eigenvalue weighted by atomic mass is 79.9. The summed E-state index contributed by atoms with van der Waals surface area (Å²) in [6.07, 6.45) is 2.92. The molecule has 0 aliphatic heterocycles. The Labute approximate surface area is 125 Å². The summed E-state index contributed by atoms with van der Waals surface area (Å²) in [5, 5.41) is 17.9. The minimum Gasteiger partial charge on any atom is -0.387 e. The van der Waals surface area contributed by atoms with Crippen LogP contribution in [0.2, 0.25) is 5.02 Å². The van der Waals surface area contributed by atoms with Crippen LogP contribution in [0.15, 0.2) is 35.1 Å². The van der Waals surface area contributed by atoms with E-state index in [2.05, 4.69) is 26.3 Å². The summed E-state index contributed by atoms with van der Waals surface area (Å²) in [6, 6.07) is 5.74. The summed E-state index contributed by atoms with van der Waals surface area (Å²) in [7, 11) is 1.83. The smallest absolute Gasteiger partial charge is 0.0944 e. The van der Waals surface area contributed by atoms with E-state index in [0.29, 0.717) is 18.1 Å².